The zero-order chi connectivity index (χ0) is 22.4. The van der Waals surface area contributed by atoms with Crippen LogP contribution in [0.2, 0.25) is 0 Å². The number of nitriles is 1. The number of nitrogens with zero attached hydrogens (tertiary/aromatic N) is 3. The Labute approximate surface area is 183 Å². The first kappa shape index (κ1) is 21.6. The van der Waals surface area contributed by atoms with Crippen molar-refractivity contribution >= 4 is 28.7 Å². The van der Waals surface area contributed by atoms with Crippen molar-refractivity contribution in [2.75, 3.05) is 16.8 Å². The summed E-state index contributed by atoms with van der Waals surface area (Å²) in [5.74, 6) is 0. The summed E-state index contributed by atoms with van der Waals surface area (Å²) in [7, 11) is 1.86. The SMILES string of the molecule is CNCc1ccc(N2C(=S)N(c3ccc(C#N)c(C(F)(F)F)c3)C(O)C23CCC3)cc1. The molecule has 0 aromatic heterocycles. The minimum absolute atomic E-state index is 0.115. The number of anilines is 2. The molecule has 162 valence electrons. The van der Waals surface area contributed by atoms with Crippen LogP contribution in [-0.2, 0) is 12.7 Å². The van der Waals surface area contributed by atoms with E-state index in [0.717, 1.165) is 29.8 Å². The highest BCUT2D eigenvalue weighted by molar-refractivity contribution is 7.80. The fraction of sp³-hybridized carbons (Fsp3) is 0.364. The standard InChI is InChI=1S/C22H21F3N4OS/c1-27-13-14-3-6-16(7-4-14)29-20(31)28(19(30)21(29)9-2-10-21)17-8-5-15(12-26)18(11-17)22(23,24)25/h3-8,11,19,27,30H,2,9-10,13H2,1H3. The molecule has 1 saturated heterocycles. The Morgan fingerprint density at radius 2 is 1.84 bits per heavy atom. The number of hydrogen-bond acceptors (Lipinski definition) is 4. The third-order valence-electron chi connectivity index (χ3n) is 6.07. The molecule has 0 bridgehead atoms. The summed E-state index contributed by atoms with van der Waals surface area (Å²) in [6, 6.07) is 12.7. The van der Waals surface area contributed by atoms with Gasteiger partial charge in [0.15, 0.2) is 11.3 Å². The van der Waals surface area contributed by atoms with Gasteiger partial charge in [-0.05, 0) is 74.4 Å². The molecule has 2 aromatic rings. The fourth-order valence-electron chi connectivity index (χ4n) is 4.38. The van der Waals surface area contributed by atoms with Crippen molar-refractivity contribution in [3.8, 4) is 6.07 Å². The second-order valence-corrected chi connectivity index (χ2v) is 8.22. The van der Waals surface area contributed by atoms with Gasteiger partial charge in [0.05, 0.1) is 22.7 Å². The van der Waals surface area contributed by atoms with Crippen LogP contribution in [0, 0.1) is 11.3 Å². The molecule has 2 fully saturated rings. The third-order valence-corrected chi connectivity index (χ3v) is 6.45. The van der Waals surface area contributed by atoms with Crippen molar-refractivity contribution in [1.29, 1.82) is 5.26 Å². The van der Waals surface area contributed by atoms with E-state index < -0.39 is 29.1 Å². The Balaban J connectivity index is 1.76. The number of alkyl halides is 3. The van der Waals surface area contributed by atoms with Gasteiger partial charge < -0.3 is 15.3 Å². The highest BCUT2D eigenvalue weighted by Gasteiger charge is 2.59. The molecule has 9 heteroatoms. The van der Waals surface area contributed by atoms with Crippen LogP contribution in [0.15, 0.2) is 42.5 Å². The van der Waals surface area contributed by atoms with Gasteiger partial charge in [-0.2, -0.15) is 18.4 Å². The number of halogens is 3. The molecule has 1 atom stereocenters. The summed E-state index contributed by atoms with van der Waals surface area (Å²) in [5.41, 5.74) is -0.210. The lowest BCUT2D eigenvalue weighted by molar-refractivity contribution is -0.137. The number of nitrogens with one attached hydrogen (secondary N) is 1. The van der Waals surface area contributed by atoms with Gasteiger partial charge in [0.2, 0.25) is 0 Å². The van der Waals surface area contributed by atoms with Gasteiger partial charge in [0.1, 0.15) is 0 Å². The normalized spacial score (nSPS) is 20.1. The largest absolute Gasteiger partial charge is 0.417 e. The predicted octanol–water partition coefficient (Wildman–Crippen LogP) is 4.15. The molecule has 2 aliphatic rings. The molecule has 2 N–H and O–H groups in total. The molecule has 1 spiro atoms. The minimum atomic E-state index is -4.69. The van der Waals surface area contributed by atoms with Crippen LogP contribution in [0.1, 0.15) is 36.0 Å². The smallest absolute Gasteiger partial charge is 0.371 e. The molecule has 0 amide bonds. The quantitative estimate of drug-likeness (QED) is 0.688. The third kappa shape index (κ3) is 3.45. The van der Waals surface area contributed by atoms with E-state index in [4.69, 9.17) is 17.5 Å². The first-order chi connectivity index (χ1) is 14.7. The number of aliphatic hydroxyl groups is 1. The van der Waals surface area contributed by atoms with Crippen LogP contribution in [0.25, 0.3) is 0 Å². The maximum atomic E-state index is 13.5. The summed E-state index contributed by atoms with van der Waals surface area (Å²) >= 11 is 5.67. The lowest BCUT2D eigenvalue weighted by atomic mass is 9.74. The van der Waals surface area contributed by atoms with Crippen molar-refractivity contribution in [2.45, 2.75) is 43.8 Å². The van der Waals surface area contributed by atoms with Gasteiger partial charge in [-0.25, -0.2) is 0 Å². The molecule has 0 radical (unpaired) electrons. The second kappa shape index (κ2) is 7.79. The second-order valence-electron chi connectivity index (χ2n) is 7.86. The summed E-state index contributed by atoms with van der Waals surface area (Å²) < 4.78 is 40.5. The Morgan fingerprint density at radius 3 is 2.35 bits per heavy atom. The number of aliphatic hydroxyl groups excluding tert-OH is 1. The van der Waals surface area contributed by atoms with E-state index in [0.29, 0.717) is 19.4 Å². The van der Waals surface area contributed by atoms with Crippen LogP contribution in [0.3, 0.4) is 0 Å². The van der Waals surface area contributed by atoms with Gasteiger partial charge >= 0.3 is 6.18 Å². The summed E-state index contributed by atoms with van der Waals surface area (Å²) in [6.45, 7) is 0.704. The van der Waals surface area contributed by atoms with Crippen LogP contribution in [0.5, 0.6) is 0 Å². The van der Waals surface area contributed by atoms with Crippen molar-refractivity contribution in [3.05, 3.63) is 59.2 Å². The topological polar surface area (TPSA) is 62.5 Å². The number of rotatable bonds is 4. The van der Waals surface area contributed by atoms with Gasteiger partial charge in [0, 0.05) is 17.9 Å². The Morgan fingerprint density at radius 1 is 1.19 bits per heavy atom. The molecule has 1 saturated carbocycles. The number of benzene rings is 2. The Bertz CT molecular complexity index is 1040. The van der Waals surface area contributed by atoms with Gasteiger partial charge in [-0.1, -0.05) is 12.1 Å². The van der Waals surface area contributed by atoms with Crippen molar-refractivity contribution in [1.82, 2.24) is 5.32 Å². The van der Waals surface area contributed by atoms with Crippen LogP contribution in [0.4, 0.5) is 24.5 Å². The van der Waals surface area contributed by atoms with E-state index in [-0.39, 0.29) is 10.8 Å². The average molecular weight is 446 g/mol. The van der Waals surface area contributed by atoms with Crippen LogP contribution < -0.4 is 15.1 Å². The lowest BCUT2D eigenvalue weighted by Crippen LogP contribution is -2.57. The predicted molar refractivity (Wildman–Crippen MR) is 116 cm³/mol. The average Bonchev–Trinajstić information content (AvgIpc) is 2.94. The van der Waals surface area contributed by atoms with Crippen LogP contribution >= 0.6 is 12.2 Å². The maximum Gasteiger partial charge on any atom is 0.417 e. The van der Waals surface area contributed by atoms with Crippen molar-refractivity contribution < 1.29 is 18.3 Å². The lowest BCUT2D eigenvalue weighted by Gasteiger charge is -2.46. The van der Waals surface area contributed by atoms with E-state index in [9.17, 15) is 18.3 Å². The number of hydrogen-bond donors (Lipinski definition) is 2. The Hall–Kier alpha value is -2.67. The molecule has 1 aliphatic carbocycles. The van der Waals surface area contributed by atoms with Crippen molar-refractivity contribution in [2.24, 2.45) is 0 Å². The highest BCUT2D eigenvalue weighted by atomic mass is 32.1. The van der Waals surface area contributed by atoms with Crippen molar-refractivity contribution in [3.63, 3.8) is 0 Å². The van der Waals surface area contributed by atoms with E-state index in [2.05, 4.69) is 5.32 Å². The molecular formula is C22H21F3N4OS. The molecule has 4 rings (SSSR count). The monoisotopic (exact) mass is 446 g/mol. The van der Waals surface area contributed by atoms with E-state index >= 15 is 0 Å². The molecule has 1 unspecified atom stereocenters. The van der Waals surface area contributed by atoms with Gasteiger partial charge in [-0.3, -0.25) is 4.90 Å². The molecule has 1 heterocycles. The van der Waals surface area contributed by atoms with Crippen LogP contribution in [-0.4, -0.2) is 29.0 Å². The fourth-order valence-corrected chi connectivity index (χ4v) is 4.87. The summed E-state index contributed by atoms with van der Waals surface area (Å²) in [5, 5.41) is 23.6. The zero-order valence-corrected chi connectivity index (χ0v) is 17.6. The Kier molecular flexibility index (Phi) is 5.41. The highest BCUT2D eigenvalue weighted by Crippen LogP contribution is 2.50. The molecule has 31 heavy (non-hydrogen) atoms. The zero-order valence-electron chi connectivity index (χ0n) is 16.8. The first-order valence-electron chi connectivity index (χ1n) is 9.89. The van der Waals surface area contributed by atoms with Gasteiger partial charge in [0.25, 0.3) is 0 Å². The molecule has 2 aromatic carbocycles. The number of thiocarbonyl (C=S) groups is 1. The molecular weight excluding hydrogens is 425 g/mol. The van der Waals surface area contributed by atoms with E-state index in [1.165, 1.54) is 11.0 Å². The minimum Gasteiger partial charge on any atom is -0.371 e. The summed E-state index contributed by atoms with van der Waals surface area (Å²) in [4.78, 5) is 3.23. The van der Waals surface area contributed by atoms with Gasteiger partial charge in [-0.15, -0.1) is 0 Å². The van der Waals surface area contributed by atoms with E-state index in [1.807, 2.05) is 36.2 Å². The molecule has 1 aliphatic heterocycles. The molecule has 5 nitrogen and oxygen atoms in total. The first-order valence-corrected chi connectivity index (χ1v) is 10.3. The maximum absolute atomic E-state index is 13.5. The summed E-state index contributed by atoms with van der Waals surface area (Å²) in [6.07, 6.45) is -3.55. The van der Waals surface area contributed by atoms with E-state index in [1.54, 1.807) is 6.07 Å².